The number of aromatic nitrogens is 2. The molecule has 27 heavy (non-hydrogen) atoms. The van der Waals surface area contributed by atoms with Crippen molar-refractivity contribution in [3.8, 4) is 17.3 Å². The van der Waals surface area contributed by atoms with Gasteiger partial charge in [-0.15, -0.1) is 0 Å². The molecule has 0 atom stereocenters. The van der Waals surface area contributed by atoms with Crippen LogP contribution >= 0.6 is 0 Å². The van der Waals surface area contributed by atoms with Gasteiger partial charge in [0, 0.05) is 12.3 Å². The first-order valence-electron chi connectivity index (χ1n) is 8.26. The first-order chi connectivity index (χ1) is 12.9. The Labute approximate surface area is 156 Å². The molecule has 2 aromatic heterocycles. The third-order valence-electron chi connectivity index (χ3n) is 4.22. The molecule has 136 valence electrons. The van der Waals surface area contributed by atoms with Crippen LogP contribution in [0.25, 0.3) is 22.7 Å². The van der Waals surface area contributed by atoms with Gasteiger partial charge in [-0.05, 0) is 61.4 Å². The SMILES string of the molecule is Cc1ccc(S(=O)(=O)Oc2ccc3nc(-c4ccccn4)oc3c2)cc1C. The molecule has 0 aliphatic carbocycles. The monoisotopic (exact) mass is 380 g/mol. The van der Waals surface area contributed by atoms with E-state index in [0.29, 0.717) is 22.7 Å². The topological polar surface area (TPSA) is 82.3 Å². The number of fused-ring (bicyclic) bond motifs is 1. The van der Waals surface area contributed by atoms with Gasteiger partial charge in [0.2, 0.25) is 5.89 Å². The van der Waals surface area contributed by atoms with Gasteiger partial charge < -0.3 is 8.60 Å². The van der Waals surface area contributed by atoms with Crippen LogP contribution in [-0.4, -0.2) is 18.4 Å². The zero-order valence-corrected chi connectivity index (χ0v) is 15.5. The molecule has 0 spiro atoms. The van der Waals surface area contributed by atoms with Crippen molar-refractivity contribution in [1.29, 1.82) is 0 Å². The van der Waals surface area contributed by atoms with Crippen molar-refractivity contribution in [2.75, 3.05) is 0 Å². The Hall–Kier alpha value is -3.19. The number of nitrogens with zero attached hydrogens (tertiary/aromatic N) is 2. The molecule has 2 aromatic carbocycles. The minimum Gasteiger partial charge on any atom is -0.435 e. The lowest BCUT2D eigenvalue weighted by Gasteiger charge is -2.08. The third-order valence-corrected chi connectivity index (χ3v) is 5.46. The van der Waals surface area contributed by atoms with E-state index in [9.17, 15) is 8.42 Å². The lowest BCUT2D eigenvalue weighted by atomic mass is 10.1. The highest BCUT2D eigenvalue weighted by atomic mass is 32.2. The highest BCUT2D eigenvalue weighted by Crippen LogP contribution is 2.28. The molecule has 0 saturated heterocycles. The number of hydrogen-bond acceptors (Lipinski definition) is 6. The van der Waals surface area contributed by atoms with Gasteiger partial charge in [-0.2, -0.15) is 8.42 Å². The van der Waals surface area contributed by atoms with Crippen LogP contribution in [0.3, 0.4) is 0 Å². The highest BCUT2D eigenvalue weighted by Gasteiger charge is 2.18. The fraction of sp³-hybridized carbons (Fsp3) is 0.100. The zero-order chi connectivity index (χ0) is 19.0. The van der Waals surface area contributed by atoms with Gasteiger partial charge in [-0.3, -0.25) is 4.98 Å². The van der Waals surface area contributed by atoms with Crippen molar-refractivity contribution in [3.63, 3.8) is 0 Å². The Morgan fingerprint density at radius 2 is 1.81 bits per heavy atom. The predicted octanol–water partition coefficient (Wildman–Crippen LogP) is 4.27. The van der Waals surface area contributed by atoms with Crippen LogP contribution in [-0.2, 0) is 10.1 Å². The summed E-state index contributed by atoms with van der Waals surface area (Å²) in [4.78, 5) is 8.67. The summed E-state index contributed by atoms with van der Waals surface area (Å²) in [5, 5.41) is 0. The fourth-order valence-electron chi connectivity index (χ4n) is 2.60. The molecule has 2 heterocycles. The van der Waals surface area contributed by atoms with E-state index >= 15 is 0 Å². The minimum absolute atomic E-state index is 0.109. The lowest BCUT2D eigenvalue weighted by Crippen LogP contribution is -2.10. The quantitative estimate of drug-likeness (QED) is 0.492. The normalized spacial score (nSPS) is 11.6. The average molecular weight is 380 g/mol. The van der Waals surface area contributed by atoms with Crippen molar-refractivity contribution in [2.45, 2.75) is 18.7 Å². The number of benzene rings is 2. The first-order valence-corrected chi connectivity index (χ1v) is 9.67. The van der Waals surface area contributed by atoms with Crippen LogP contribution in [0.5, 0.6) is 5.75 Å². The van der Waals surface area contributed by atoms with Crippen molar-refractivity contribution >= 4 is 21.2 Å². The van der Waals surface area contributed by atoms with E-state index in [-0.39, 0.29) is 10.6 Å². The first kappa shape index (κ1) is 17.2. The number of pyridine rings is 1. The van der Waals surface area contributed by atoms with Gasteiger partial charge in [-0.1, -0.05) is 12.1 Å². The van der Waals surface area contributed by atoms with Crippen LogP contribution in [0.1, 0.15) is 11.1 Å². The second-order valence-corrected chi connectivity index (χ2v) is 7.69. The lowest BCUT2D eigenvalue weighted by molar-refractivity contribution is 0.485. The number of rotatable bonds is 4. The van der Waals surface area contributed by atoms with Crippen molar-refractivity contribution in [1.82, 2.24) is 9.97 Å². The molecule has 0 amide bonds. The summed E-state index contributed by atoms with van der Waals surface area (Å²) in [5.74, 6) is 0.518. The standard InChI is InChI=1S/C20H16N2O4S/c1-13-6-8-16(11-14(13)2)27(23,24)26-15-7-9-17-19(12-15)25-20(22-17)18-5-3-4-10-21-18/h3-12H,1-2H3. The molecule has 0 N–H and O–H groups in total. The van der Waals surface area contributed by atoms with Gasteiger partial charge in [0.05, 0.1) is 0 Å². The van der Waals surface area contributed by atoms with Gasteiger partial charge in [0.1, 0.15) is 21.9 Å². The van der Waals surface area contributed by atoms with Crippen molar-refractivity contribution < 1.29 is 17.0 Å². The van der Waals surface area contributed by atoms with E-state index in [4.69, 9.17) is 8.60 Å². The van der Waals surface area contributed by atoms with Gasteiger partial charge in [0.15, 0.2) is 5.58 Å². The Balaban J connectivity index is 1.67. The summed E-state index contributed by atoms with van der Waals surface area (Å²) in [5.41, 5.74) is 3.50. The highest BCUT2D eigenvalue weighted by molar-refractivity contribution is 7.87. The van der Waals surface area contributed by atoms with Crippen molar-refractivity contribution in [3.05, 3.63) is 71.9 Å². The molecular weight excluding hydrogens is 364 g/mol. The zero-order valence-electron chi connectivity index (χ0n) is 14.7. The molecule has 4 rings (SSSR count). The molecule has 0 bridgehead atoms. The maximum absolute atomic E-state index is 12.5. The Kier molecular flexibility index (Phi) is 4.16. The molecule has 0 aliphatic rings. The summed E-state index contributed by atoms with van der Waals surface area (Å²) in [6.45, 7) is 3.78. The molecule has 0 saturated carbocycles. The van der Waals surface area contributed by atoms with Gasteiger partial charge in [0.25, 0.3) is 0 Å². The maximum atomic E-state index is 12.5. The summed E-state index contributed by atoms with van der Waals surface area (Å²) in [6.07, 6.45) is 1.65. The summed E-state index contributed by atoms with van der Waals surface area (Å²) in [6, 6.07) is 15.0. The largest absolute Gasteiger partial charge is 0.435 e. The number of oxazole rings is 1. The van der Waals surface area contributed by atoms with Gasteiger partial charge in [-0.25, -0.2) is 4.98 Å². The predicted molar refractivity (Wildman–Crippen MR) is 101 cm³/mol. The Morgan fingerprint density at radius 1 is 0.963 bits per heavy atom. The van der Waals surface area contributed by atoms with E-state index in [0.717, 1.165) is 11.1 Å². The number of aryl methyl sites for hydroxylation is 2. The third kappa shape index (κ3) is 3.41. The molecule has 0 radical (unpaired) electrons. The molecule has 6 nitrogen and oxygen atoms in total. The van der Waals surface area contributed by atoms with Gasteiger partial charge >= 0.3 is 10.1 Å². The van der Waals surface area contributed by atoms with Crippen LogP contribution in [0.4, 0.5) is 0 Å². The van der Waals surface area contributed by atoms with Crippen LogP contribution in [0.15, 0.2) is 70.1 Å². The van der Waals surface area contributed by atoms with E-state index in [1.54, 1.807) is 42.6 Å². The summed E-state index contributed by atoms with van der Waals surface area (Å²) in [7, 11) is -3.94. The Bertz CT molecular complexity index is 1230. The molecule has 0 aliphatic heterocycles. The van der Waals surface area contributed by atoms with E-state index in [1.165, 1.54) is 12.1 Å². The summed E-state index contributed by atoms with van der Waals surface area (Å²) < 4.78 is 36.1. The second-order valence-electron chi connectivity index (χ2n) is 6.15. The van der Waals surface area contributed by atoms with Crippen LogP contribution in [0.2, 0.25) is 0 Å². The molecule has 7 heteroatoms. The fourth-order valence-corrected chi connectivity index (χ4v) is 3.61. The van der Waals surface area contributed by atoms with Crippen LogP contribution < -0.4 is 4.18 Å². The second kappa shape index (κ2) is 6.51. The van der Waals surface area contributed by atoms with Crippen molar-refractivity contribution in [2.24, 2.45) is 0 Å². The number of hydrogen-bond donors (Lipinski definition) is 0. The smallest absolute Gasteiger partial charge is 0.339 e. The maximum Gasteiger partial charge on any atom is 0.339 e. The average Bonchev–Trinajstić information content (AvgIpc) is 3.07. The minimum atomic E-state index is -3.94. The van der Waals surface area contributed by atoms with E-state index < -0.39 is 10.1 Å². The molecular formula is C20H16N2O4S. The molecule has 0 fully saturated rings. The molecule has 0 unspecified atom stereocenters. The van der Waals surface area contributed by atoms with E-state index in [1.807, 2.05) is 19.9 Å². The van der Waals surface area contributed by atoms with E-state index in [2.05, 4.69) is 9.97 Å². The molecule has 4 aromatic rings. The van der Waals surface area contributed by atoms with Crippen LogP contribution in [0, 0.1) is 13.8 Å². The summed E-state index contributed by atoms with van der Waals surface area (Å²) >= 11 is 0. The Morgan fingerprint density at radius 3 is 2.56 bits per heavy atom.